The van der Waals surface area contributed by atoms with Gasteiger partial charge in [0, 0.05) is 17.0 Å². The molecule has 0 aliphatic carbocycles. The lowest BCUT2D eigenvalue weighted by molar-refractivity contribution is -0.168. The van der Waals surface area contributed by atoms with Gasteiger partial charge in [0.15, 0.2) is 0 Å². The highest BCUT2D eigenvalue weighted by molar-refractivity contribution is 9.10. The minimum absolute atomic E-state index is 0.0348. The summed E-state index contributed by atoms with van der Waals surface area (Å²) in [5.74, 6) is -3.69. The van der Waals surface area contributed by atoms with Crippen LogP contribution in [0.4, 0.5) is 43.9 Å². The summed E-state index contributed by atoms with van der Waals surface area (Å²) >= 11 is 3.35. The predicted octanol–water partition coefficient (Wildman–Crippen LogP) is 9.95. The molecule has 0 saturated heterocycles. The Morgan fingerprint density at radius 1 is 0.542 bits per heavy atom. The van der Waals surface area contributed by atoms with Gasteiger partial charge in [-0.1, -0.05) is 101 Å². The highest BCUT2D eigenvalue weighted by Gasteiger charge is 2.39. The molecule has 258 valence electrons. The van der Waals surface area contributed by atoms with Gasteiger partial charge >= 0.3 is 12.4 Å². The molecule has 2 N–H and O–H groups in total. The van der Waals surface area contributed by atoms with E-state index in [0.717, 1.165) is 27.7 Å². The summed E-state index contributed by atoms with van der Waals surface area (Å²) in [5.41, 5.74) is 2.77. The average Bonchev–Trinajstić information content (AvgIpc) is 3.04. The molecule has 0 aromatic heterocycles. The molecule has 0 aliphatic rings. The number of carbonyl (C=O) groups is 2. The van der Waals surface area contributed by atoms with Gasteiger partial charge < -0.3 is 10.2 Å². The fourth-order valence-electron chi connectivity index (χ4n) is 3.66. The molecule has 0 unspecified atom stereocenters. The van der Waals surface area contributed by atoms with Crippen LogP contribution in [0.1, 0.15) is 40.6 Å². The van der Waals surface area contributed by atoms with E-state index in [1.165, 1.54) is 48.5 Å². The van der Waals surface area contributed by atoms with E-state index in [4.69, 9.17) is 0 Å². The van der Waals surface area contributed by atoms with E-state index in [-0.39, 0.29) is 11.1 Å². The SMILES string of the molecule is CC(=O)C(F)(F)F.O=C(c1ccc(-c2ccc([C@@H](O)C(F)F)cc2)cc1)C(F)(F)F.O[C@H](c1ccc(-c2ccc(Br)cc2)cc1)C(F)F. The van der Waals surface area contributed by atoms with Crippen LogP contribution in [0.2, 0.25) is 0 Å². The summed E-state index contributed by atoms with van der Waals surface area (Å²) < 4.78 is 120. The molecule has 0 saturated carbocycles. The molecule has 0 spiro atoms. The van der Waals surface area contributed by atoms with Crippen molar-refractivity contribution >= 4 is 27.5 Å². The van der Waals surface area contributed by atoms with Crippen LogP contribution in [-0.2, 0) is 4.79 Å². The lowest BCUT2D eigenvalue weighted by atomic mass is 10.00. The number of Topliss-reactive ketones (excluding diaryl/α,β-unsaturated/α-hetero) is 2. The van der Waals surface area contributed by atoms with E-state index in [9.17, 15) is 63.7 Å². The molecule has 4 aromatic rings. The van der Waals surface area contributed by atoms with Gasteiger partial charge in [-0.2, -0.15) is 26.3 Å². The van der Waals surface area contributed by atoms with Crippen LogP contribution in [0.3, 0.4) is 0 Å². The van der Waals surface area contributed by atoms with Crippen LogP contribution in [-0.4, -0.2) is 47.0 Å². The number of aliphatic hydroxyl groups excluding tert-OH is 2. The first-order chi connectivity index (χ1) is 22.2. The van der Waals surface area contributed by atoms with Crippen molar-refractivity contribution in [3.05, 3.63) is 118 Å². The van der Waals surface area contributed by atoms with Crippen molar-refractivity contribution in [2.45, 2.75) is 44.3 Å². The first-order valence-corrected chi connectivity index (χ1v) is 14.2. The van der Waals surface area contributed by atoms with Crippen LogP contribution < -0.4 is 0 Å². The lowest BCUT2D eigenvalue weighted by Crippen LogP contribution is -2.22. The number of carbonyl (C=O) groups excluding carboxylic acids is 2. The van der Waals surface area contributed by atoms with Crippen molar-refractivity contribution in [2.24, 2.45) is 0 Å². The highest BCUT2D eigenvalue weighted by Crippen LogP contribution is 2.28. The van der Waals surface area contributed by atoms with Crippen LogP contribution >= 0.6 is 15.9 Å². The van der Waals surface area contributed by atoms with Crippen LogP contribution in [0.15, 0.2) is 102 Å². The molecular weight excluding hydrogens is 730 g/mol. The second-order valence-electron chi connectivity index (χ2n) is 9.77. The minimum atomic E-state index is -4.94. The molecular formula is C33H25BrF10O4. The maximum atomic E-state index is 12.4. The number of aliphatic hydroxyl groups is 2. The summed E-state index contributed by atoms with van der Waals surface area (Å²) in [6.07, 6.45) is -18.9. The van der Waals surface area contributed by atoms with Crippen LogP contribution in [0.25, 0.3) is 22.3 Å². The summed E-state index contributed by atoms with van der Waals surface area (Å²) in [7, 11) is 0. The van der Waals surface area contributed by atoms with Gasteiger partial charge in [-0.05, 0) is 45.5 Å². The standard InChI is InChI=1S/C16H11F5O2.C14H11BrF2O.C3H3F3O/c17-15(18)13(22)11-5-1-9(2-6-11)10-3-7-12(8-4-10)14(23)16(19,20)21;15-12-7-5-10(6-8-12)9-1-3-11(4-2-9)13(18)14(16)17;1-2(7)3(4,5)6/h1-8,13,15,22H;1-8,13-14,18H;1H3/t2*13-;/m11./s1. The molecule has 4 aromatic carbocycles. The number of halogens is 11. The first kappa shape index (κ1) is 40.1. The highest BCUT2D eigenvalue weighted by atomic mass is 79.9. The number of hydrogen-bond acceptors (Lipinski definition) is 4. The third kappa shape index (κ3) is 12.2. The largest absolute Gasteiger partial charge is 0.454 e. The van der Waals surface area contributed by atoms with E-state index in [1.807, 2.05) is 24.3 Å². The topological polar surface area (TPSA) is 74.6 Å². The quantitative estimate of drug-likeness (QED) is 0.146. The number of ketones is 2. The van der Waals surface area contributed by atoms with Crippen LogP contribution in [0, 0.1) is 0 Å². The molecule has 48 heavy (non-hydrogen) atoms. The second-order valence-corrected chi connectivity index (χ2v) is 10.7. The van der Waals surface area contributed by atoms with Gasteiger partial charge in [-0.3, -0.25) is 9.59 Å². The smallest absolute Gasteiger partial charge is 0.382 e. The maximum Gasteiger partial charge on any atom is 0.454 e. The summed E-state index contributed by atoms with van der Waals surface area (Å²) in [6.45, 7) is 0.486. The van der Waals surface area contributed by atoms with Gasteiger partial charge in [0.25, 0.3) is 18.6 Å². The van der Waals surface area contributed by atoms with Crippen molar-refractivity contribution in [3.8, 4) is 22.3 Å². The molecule has 0 fully saturated rings. The normalized spacial score (nSPS) is 12.8. The Labute approximate surface area is 275 Å². The lowest BCUT2D eigenvalue weighted by Gasteiger charge is -2.11. The van der Waals surface area contributed by atoms with Crippen molar-refractivity contribution in [3.63, 3.8) is 0 Å². The number of alkyl halides is 10. The third-order valence-corrected chi connectivity index (χ3v) is 6.83. The Hall–Kier alpha value is -4.08. The molecule has 0 radical (unpaired) electrons. The molecule has 2 atom stereocenters. The van der Waals surface area contributed by atoms with Crippen molar-refractivity contribution in [2.75, 3.05) is 0 Å². The minimum Gasteiger partial charge on any atom is -0.382 e. The summed E-state index contributed by atoms with van der Waals surface area (Å²) in [6, 6.07) is 24.5. The Morgan fingerprint density at radius 2 is 0.812 bits per heavy atom. The average molecular weight is 755 g/mol. The predicted molar refractivity (Wildman–Crippen MR) is 161 cm³/mol. The maximum absolute atomic E-state index is 12.4. The van der Waals surface area contributed by atoms with E-state index in [1.54, 1.807) is 12.1 Å². The van der Waals surface area contributed by atoms with Gasteiger partial charge in [-0.25, -0.2) is 17.6 Å². The summed E-state index contributed by atoms with van der Waals surface area (Å²) in [5, 5.41) is 18.5. The fraction of sp³-hybridized carbons (Fsp3) is 0.212. The van der Waals surface area contributed by atoms with Crippen LogP contribution in [0.5, 0.6) is 0 Å². The monoisotopic (exact) mass is 754 g/mol. The van der Waals surface area contributed by atoms with Gasteiger partial charge in [-0.15, -0.1) is 0 Å². The number of hydrogen-bond donors (Lipinski definition) is 2. The van der Waals surface area contributed by atoms with E-state index in [0.29, 0.717) is 18.1 Å². The Morgan fingerprint density at radius 3 is 1.06 bits per heavy atom. The Bertz CT molecular complexity index is 1600. The van der Waals surface area contributed by atoms with Crippen molar-refractivity contribution in [1.82, 2.24) is 0 Å². The third-order valence-electron chi connectivity index (χ3n) is 6.30. The first-order valence-electron chi connectivity index (χ1n) is 13.4. The molecule has 0 bridgehead atoms. The zero-order valence-corrected chi connectivity index (χ0v) is 26.0. The fourth-order valence-corrected chi connectivity index (χ4v) is 3.92. The molecule has 4 rings (SSSR count). The number of rotatable bonds is 7. The molecule has 0 aliphatic heterocycles. The number of benzene rings is 4. The van der Waals surface area contributed by atoms with Gasteiger partial charge in [0.2, 0.25) is 5.78 Å². The molecule has 15 heteroatoms. The van der Waals surface area contributed by atoms with E-state index >= 15 is 0 Å². The molecule has 4 nitrogen and oxygen atoms in total. The Balaban J connectivity index is 0.000000284. The Kier molecular flexibility index (Phi) is 14.5. The van der Waals surface area contributed by atoms with E-state index in [2.05, 4.69) is 15.9 Å². The van der Waals surface area contributed by atoms with Gasteiger partial charge in [0.1, 0.15) is 12.2 Å². The summed E-state index contributed by atoms with van der Waals surface area (Å²) in [4.78, 5) is 20.4. The molecule has 0 amide bonds. The second kappa shape index (κ2) is 17.4. The molecule has 0 heterocycles. The van der Waals surface area contributed by atoms with Crippen molar-refractivity contribution in [1.29, 1.82) is 0 Å². The van der Waals surface area contributed by atoms with Gasteiger partial charge in [0.05, 0.1) is 0 Å². The zero-order chi connectivity index (χ0) is 36.4. The zero-order valence-electron chi connectivity index (χ0n) is 24.4. The van der Waals surface area contributed by atoms with E-state index < -0.39 is 54.5 Å². The van der Waals surface area contributed by atoms with Crippen molar-refractivity contribution < 1.29 is 63.7 Å².